The lowest BCUT2D eigenvalue weighted by Crippen LogP contribution is -2.25. The topological polar surface area (TPSA) is 38.7 Å². The highest BCUT2D eigenvalue weighted by atomic mass is 16.5. The second-order valence-electron chi connectivity index (χ2n) is 4.28. The van der Waals surface area contributed by atoms with Crippen LogP contribution in [0, 0.1) is 5.92 Å². The Morgan fingerprint density at radius 3 is 2.50 bits per heavy atom. The Labute approximate surface area is 108 Å². The van der Waals surface area contributed by atoms with E-state index in [9.17, 15) is 4.79 Å². The quantitative estimate of drug-likeness (QED) is 0.591. The van der Waals surface area contributed by atoms with Crippen LogP contribution in [0.1, 0.15) is 19.4 Å². The molecule has 3 heteroatoms. The van der Waals surface area contributed by atoms with Crippen molar-refractivity contribution >= 4 is 18.3 Å². The molecule has 3 nitrogen and oxygen atoms in total. The van der Waals surface area contributed by atoms with Gasteiger partial charge < -0.3 is 4.74 Å². The minimum absolute atomic E-state index is 0.124. The molecule has 0 aromatic heterocycles. The molecule has 96 valence electrons. The van der Waals surface area contributed by atoms with E-state index in [-0.39, 0.29) is 11.9 Å². The predicted octanol–water partition coefficient (Wildman–Crippen LogP) is 2.97. The number of hydrogen-bond acceptors (Lipinski definition) is 3. The average molecular weight is 245 g/mol. The third-order valence-electron chi connectivity index (χ3n) is 2.50. The van der Waals surface area contributed by atoms with E-state index < -0.39 is 6.04 Å². The highest BCUT2D eigenvalue weighted by Gasteiger charge is 2.20. The van der Waals surface area contributed by atoms with Crippen molar-refractivity contribution in [3.63, 3.8) is 0 Å². The van der Waals surface area contributed by atoms with E-state index in [1.807, 2.05) is 56.3 Å². The van der Waals surface area contributed by atoms with Gasteiger partial charge >= 0.3 is 5.97 Å². The van der Waals surface area contributed by atoms with Crippen LogP contribution >= 0.6 is 0 Å². The molecule has 0 aliphatic heterocycles. The van der Waals surface area contributed by atoms with Crippen molar-refractivity contribution in [2.45, 2.75) is 19.9 Å². The van der Waals surface area contributed by atoms with Gasteiger partial charge in [0.2, 0.25) is 0 Å². The van der Waals surface area contributed by atoms with Gasteiger partial charge in [-0.15, -0.1) is 0 Å². The smallest absolute Gasteiger partial charge is 0.330 e. The van der Waals surface area contributed by atoms with Gasteiger partial charge in [-0.2, -0.15) is 0 Å². The maximum absolute atomic E-state index is 11.5. The molecule has 0 saturated carbocycles. The van der Waals surface area contributed by atoms with Gasteiger partial charge in [0, 0.05) is 6.21 Å². The van der Waals surface area contributed by atoms with Crippen molar-refractivity contribution < 1.29 is 9.53 Å². The molecule has 0 amide bonds. The normalized spacial score (nSPS) is 13.3. The van der Waals surface area contributed by atoms with Crippen LogP contribution in [0.3, 0.4) is 0 Å². The molecule has 1 rings (SSSR count). The zero-order chi connectivity index (χ0) is 13.4. The summed E-state index contributed by atoms with van der Waals surface area (Å²) in [4.78, 5) is 15.7. The maximum Gasteiger partial charge on any atom is 0.330 e. The molecule has 0 fully saturated rings. The lowest BCUT2D eigenvalue weighted by molar-refractivity contribution is -0.143. The fourth-order valence-electron chi connectivity index (χ4n) is 1.49. The molecule has 18 heavy (non-hydrogen) atoms. The van der Waals surface area contributed by atoms with Gasteiger partial charge in [0.25, 0.3) is 0 Å². The molecule has 1 aromatic carbocycles. The molecule has 1 atom stereocenters. The van der Waals surface area contributed by atoms with E-state index >= 15 is 0 Å². The minimum atomic E-state index is -0.435. The third-order valence-corrected chi connectivity index (χ3v) is 2.50. The molecule has 0 heterocycles. The summed E-state index contributed by atoms with van der Waals surface area (Å²) in [6.07, 6.45) is 5.42. The van der Waals surface area contributed by atoms with E-state index in [0.29, 0.717) is 0 Å². The number of allylic oxidation sites excluding steroid dienone is 1. The highest BCUT2D eigenvalue weighted by molar-refractivity contribution is 5.83. The van der Waals surface area contributed by atoms with Crippen LogP contribution in [0.15, 0.2) is 41.4 Å². The van der Waals surface area contributed by atoms with Crippen molar-refractivity contribution in [1.82, 2.24) is 0 Å². The number of benzene rings is 1. The average Bonchev–Trinajstić information content (AvgIpc) is 2.38. The predicted molar refractivity (Wildman–Crippen MR) is 74.6 cm³/mol. The lowest BCUT2D eigenvalue weighted by atomic mass is 10.1. The van der Waals surface area contributed by atoms with Crippen LogP contribution in [0.25, 0.3) is 6.08 Å². The summed E-state index contributed by atoms with van der Waals surface area (Å²) in [6.45, 7) is 3.89. The minimum Gasteiger partial charge on any atom is -0.467 e. The summed E-state index contributed by atoms with van der Waals surface area (Å²) >= 11 is 0. The Morgan fingerprint density at radius 1 is 1.28 bits per heavy atom. The Hall–Kier alpha value is -1.90. The Kier molecular flexibility index (Phi) is 5.85. The van der Waals surface area contributed by atoms with E-state index in [1.54, 1.807) is 6.21 Å². The van der Waals surface area contributed by atoms with Crippen molar-refractivity contribution in [2.24, 2.45) is 10.9 Å². The standard InChI is InChI=1S/C15H19NO2/c1-12(2)14(15(17)18-3)16-11-7-10-13-8-5-4-6-9-13/h4-12,14H,1-3H3/b10-7+,16-11?/t14-/m0/s1. The summed E-state index contributed by atoms with van der Waals surface area (Å²) in [5, 5.41) is 0. The molecule has 0 saturated heterocycles. The summed E-state index contributed by atoms with van der Waals surface area (Å²) in [5.41, 5.74) is 1.10. The summed E-state index contributed by atoms with van der Waals surface area (Å²) in [5.74, 6) is -0.173. The summed E-state index contributed by atoms with van der Waals surface area (Å²) in [7, 11) is 1.38. The fourth-order valence-corrected chi connectivity index (χ4v) is 1.49. The van der Waals surface area contributed by atoms with Crippen LogP contribution in [0.2, 0.25) is 0 Å². The second kappa shape index (κ2) is 7.43. The molecule has 0 N–H and O–H groups in total. The van der Waals surface area contributed by atoms with E-state index in [4.69, 9.17) is 4.74 Å². The summed E-state index contributed by atoms with van der Waals surface area (Å²) < 4.78 is 4.71. The number of nitrogens with zero attached hydrogens (tertiary/aromatic N) is 1. The van der Waals surface area contributed by atoms with Gasteiger partial charge in [0.05, 0.1) is 7.11 Å². The molecule has 0 bridgehead atoms. The van der Waals surface area contributed by atoms with E-state index in [0.717, 1.165) is 5.56 Å². The monoisotopic (exact) mass is 245 g/mol. The van der Waals surface area contributed by atoms with E-state index in [2.05, 4.69) is 4.99 Å². The molecular weight excluding hydrogens is 226 g/mol. The van der Waals surface area contributed by atoms with Gasteiger partial charge in [-0.05, 0) is 17.6 Å². The van der Waals surface area contributed by atoms with Crippen LogP contribution in [0.4, 0.5) is 0 Å². The van der Waals surface area contributed by atoms with E-state index in [1.165, 1.54) is 7.11 Å². The van der Waals surface area contributed by atoms with Crippen molar-refractivity contribution in [1.29, 1.82) is 0 Å². The van der Waals surface area contributed by atoms with Gasteiger partial charge in [0.1, 0.15) is 6.04 Å². The van der Waals surface area contributed by atoms with Crippen LogP contribution in [-0.4, -0.2) is 25.3 Å². The molecule has 0 spiro atoms. The molecular formula is C15H19NO2. The van der Waals surface area contributed by atoms with Gasteiger partial charge in [-0.25, -0.2) is 4.79 Å². The lowest BCUT2D eigenvalue weighted by Gasteiger charge is -2.12. The molecule has 0 aliphatic carbocycles. The Bertz CT molecular complexity index is 421. The number of rotatable bonds is 5. The highest BCUT2D eigenvalue weighted by Crippen LogP contribution is 2.07. The largest absolute Gasteiger partial charge is 0.467 e. The second-order valence-corrected chi connectivity index (χ2v) is 4.28. The Balaban J connectivity index is 2.62. The summed E-state index contributed by atoms with van der Waals surface area (Å²) in [6, 6.07) is 9.49. The van der Waals surface area contributed by atoms with Crippen LogP contribution in [0.5, 0.6) is 0 Å². The number of esters is 1. The molecule has 0 aliphatic rings. The Morgan fingerprint density at radius 2 is 1.94 bits per heavy atom. The van der Waals surface area contributed by atoms with Crippen molar-refractivity contribution in [2.75, 3.05) is 7.11 Å². The first-order valence-electron chi connectivity index (χ1n) is 5.98. The van der Waals surface area contributed by atoms with Gasteiger partial charge in [-0.1, -0.05) is 50.3 Å². The molecule has 0 radical (unpaired) electrons. The first kappa shape index (κ1) is 14.2. The number of ether oxygens (including phenoxy) is 1. The van der Waals surface area contributed by atoms with Gasteiger partial charge in [-0.3, -0.25) is 4.99 Å². The first-order valence-corrected chi connectivity index (χ1v) is 5.98. The van der Waals surface area contributed by atoms with Crippen molar-refractivity contribution in [3.8, 4) is 0 Å². The van der Waals surface area contributed by atoms with Crippen molar-refractivity contribution in [3.05, 3.63) is 42.0 Å². The van der Waals surface area contributed by atoms with Gasteiger partial charge in [0.15, 0.2) is 0 Å². The number of aliphatic imine (C=N–C) groups is 1. The van der Waals surface area contributed by atoms with Crippen LogP contribution in [-0.2, 0) is 9.53 Å². The third kappa shape index (κ3) is 4.53. The zero-order valence-electron chi connectivity index (χ0n) is 11.0. The fraction of sp³-hybridized carbons (Fsp3) is 0.333. The molecule has 1 aromatic rings. The van der Waals surface area contributed by atoms with Crippen LogP contribution < -0.4 is 0 Å². The maximum atomic E-state index is 11.5. The number of carbonyl (C=O) groups excluding carboxylic acids is 1. The number of hydrogen-bond donors (Lipinski definition) is 0. The SMILES string of the molecule is COC(=O)[C@@H](N=C/C=C/c1ccccc1)C(C)C. The zero-order valence-corrected chi connectivity index (χ0v) is 11.0. The number of carbonyl (C=O) groups is 1. The molecule has 0 unspecified atom stereocenters. The number of methoxy groups -OCH3 is 1. The first-order chi connectivity index (χ1) is 8.65.